The highest BCUT2D eigenvalue weighted by atomic mass is 16.4. The number of rotatable bonds is 7. The molecule has 0 aliphatic heterocycles. The van der Waals surface area contributed by atoms with E-state index in [-0.39, 0.29) is 18.2 Å². The molecule has 0 bridgehead atoms. The van der Waals surface area contributed by atoms with Gasteiger partial charge in [0.05, 0.1) is 6.54 Å². The molecular formula is C20H23N3O5. The summed E-state index contributed by atoms with van der Waals surface area (Å²) in [5.74, 6) is -1.31. The normalized spacial score (nSPS) is 15.0. The standard InChI is InChI=1S/C20H23N3O5/c24-17(25)16-9-8-15(28-16)13-21-18(26)20(10-4-5-11-20)23-19(27)22-12-14-6-2-1-3-7-14/h1-3,6-9H,4-5,10-13H2,(H,21,26)(H,24,25)(H2,22,23,27). The van der Waals surface area contributed by atoms with Gasteiger partial charge in [0.2, 0.25) is 11.7 Å². The first-order chi connectivity index (χ1) is 13.5. The molecule has 0 radical (unpaired) electrons. The fraction of sp³-hybridized carbons (Fsp3) is 0.350. The van der Waals surface area contributed by atoms with Crippen molar-refractivity contribution in [2.24, 2.45) is 0 Å². The van der Waals surface area contributed by atoms with Crippen LogP contribution in [0, 0.1) is 0 Å². The van der Waals surface area contributed by atoms with Crippen molar-refractivity contribution in [3.05, 3.63) is 59.5 Å². The van der Waals surface area contributed by atoms with E-state index in [4.69, 9.17) is 9.52 Å². The van der Waals surface area contributed by atoms with E-state index in [9.17, 15) is 14.4 Å². The molecule has 4 N–H and O–H groups in total. The van der Waals surface area contributed by atoms with Crippen LogP contribution in [0.4, 0.5) is 4.79 Å². The quantitative estimate of drug-likeness (QED) is 0.583. The number of furan rings is 1. The zero-order valence-corrected chi connectivity index (χ0v) is 15.4. The molecule has 1 aromatic carbocycles. The van der Waals surface area contributed by atoms with Gasteiger partial charge in [-0.3, -0.25) is 4.79 Å². The van der Waals surface area contributed by atoms with Crippen molar-refractivity contribution < 1.29 is 23.9 Å². The van der Waals surface area contributed by atoms with E-state index >= 15 is 0 Å². The summed E-state index contributed by atoms with van der Waals surface area (Å²) < 4.78 is 5.15. The highest BCUT2D eigenvalue weighted by molar-refractivity contribution is 5.91. The molecule has 1 aliphatic rings. The van der Waals surface area contributed by atoms with Crippen LogP contribution < -0.4 is 16.0 Å². The second kappa shape index (κ2) is 8.60. The van der Waals surface area contributed by atoms with Gasteiger partial charge in [-0.2, -0.15) is 0 Å². The highest BCUT2D eigenvalue weighted by Crippen LogP contribution is 2.30. The van der Waals surface area contributed by atoms with Gasteiger partial charge < -0.3 is 25.5 Å². The summed E-state index contributed by atoms with van der Waals surface area (Å²) in [4.78, 5) is 36.0. The molecule has 0 atom stereocenters. The molecule has 8 nitrogen and oxygen atoms in total. The van der Waals surface area contributed by atoms with Gasteiger partial charge in [0.1, 0.15) is 11.3 Å². The molecule has 0 saturated heterocycles. The monoisotopic (exact) mass is 385 g/mol. The average molecular weight is 385 g/mol. The van der Waals surface area contributed by atoms with Crippen LogP contribution in [0.2, 0.25) is 0 Å². The Morgan fingerprint density at radius 2 is 1.68 bits per heavy atom. The Bertz CT molecular complexity index is 841. The topological polar surface area (TPSA) is 121 Å². The van der Waals surface area contributed by atoms with Crippen molar-refractivity contribution in [1.82, 2.24) is 16.0 Å². The minimum atomic E-state index is -1.17. The number of hydrogen-bond acceptors (Lipinski definition) is 4. The molecule has 0 spiro atoms. The van der Waals surface area contributed by atoms with Crippen LogP contribution >= 0.6 is 0 Å². The Morgan fingerprint density at radius 3 is 2.32 bits per heavy atom. The van der Waals surface area contributed by atoms with Crippen molar-refractivity contribution in [2.75, 3.05) is 0 Å². The van der Waals surface area contributed by atoms with Crippen LogP contribution in [-0.4, -0.2) is 28.6 Å². The minimum absolute atomic E-state index is 0.0567. The first-order valence-electron chi connectivity index (χ1n) is 9.19. The van der Waals surface area contributed by atoms with Gasteiger partial charge in [-0.15, -0.1) is 0 Å². The van der Waals surface area contributed by atoms with Crippen LogP contribution in [-0.2, 0) is 17.9 Å². The lowest BCUT2D eigenvalue weighted by atomic mass is 9.96. The maximum Gasteiger partial charge on any atom is 0.371 e. The van der Waals surface area contributed by atoms with Gasteiger partial charge in [-0.25, -0.2) is 9.59 Å². The van der Waals surface area contributed by atoms with E-state index in [2.05, 4.69) is 16.0 Å². The van der Waals surface area contributed by atoms with E-state index < -0.39 is 17.5 Å². The molecular weight excluding hydrogens is 362 g/mol. The second-order valence-electron chi connectivity index (χ2n) is 6.84. The molecule has 1 aliphatic carbocycles. The summed E-state index contributed by atoms with van der Waals surface area (Å²) in [6, 6.07) is 12.0. The predicted molar refractivity (Wildman–Crippen MR) is 101 cm³/mol. The SMILES string of the molecule is O=C(NCc1ccccc1)NC1(C(=O)NCc2ccc(C(=O)O)o2)CCCC1. The summed E-state index contributed by atoms with van der Waals surface area (Å²) >= 11 is 0. The fourth-order valence-corrected chi connectivity index (χ4v) is 3.35. The number of amides is 3. The number of carboxylic acid groups (broad SMARTS) is 1. The lowest BCUT2D eigenvalue weighted by molar-refractivity contribution is -0.127. The van der Waals surface area contributed by atoms with Gasteiger partial charge in [0.15, 0.2) is 0 Å². The number of nitrogens with one attached hydrogen (secondary N) is 3. The number of aromatic carboxylic acids is 1. The van der Waals surface area contributed by atoms with E-state index in [1.807, 2.05) is 30.3 Å². The fourth-order valence-electron chi connectivity index (χ4n) is 3.35. The average Bonchev–Trinajstić information content (AvgIpc) is 3.36. The molecule has 0 unspecified atom stereocenters. The molecule has 3 rings (SSSR count). The largest absolute Gasteiger partial charge is 0.475 e. The van der Waals surface area contributed by atoms with Gasteiger partial charge >= 0.3 is 12.0 Å². The molecule has 3 amide bonds. The van der Waals surface area contributed by atoms with E-state index in [1.165, 1.54) is 12.1 Å². The van der Waals surface area contributed by atoms with Gasteiger partial charge in [0, 0.05) is 6.54 Å². The third-order valence-electron chi connectivity index (χ3n) is 4.84. The van der Waals surface area contributed by atoms with E-state index in [0.29, 0.717) is 25.1 Å². The van der Waals surface area contributed by atoms with Crippen LogP contribution in [0.1, 0.15) is 47.6 Å². The van der Waals surface area contributed by atoms with Crippen LogP contribution in [0.5, 0.6) is 0 Å². The van der Waals surface area contributed by atoms with Crippen molar-refractivity contribution in [2.45, 2.75) is 44.3 Å². The first-order valence-corrected chi connectivity index (χ1v) is 9.19. The van der Waals surface area contributed by atoms with Crippen LogP contribution in [0.25, 0.3) is 0 Å². The lowest BCUT2D eigenvalue weighted by Gasteiger charge is -2.29. The second-order valence-corrected chi connectivity index (χ2v) is 6.84. The van der Waals surface area contributed by atoms with Crippen molar-refractivity contribution >= 4 is 17.9 Å². The number of carbonyl (C=O) groups excluding carboxylic acids is 2. The smallest absolute Gasteiger partial charge is 0.371 e. The summed E-state index contributed by atoms with van der Waals surface area (Å²) in [6.07, 6.45) is 2.79. The van der Waals surface area contributed by atoms with E-state index in [1.54, 1.807) is 0 Å². The molecule has 8 heteroatoms. The van der Waals surface area contributed by atoms with Crippen LogP contribution in [0.3, 0.4) is 0 Å². The Labute approximate surface area is 162 Å². The Kier molecular flexibility index (Phi) is 5.98. The van der Waals surface area contributed by atoms with Crippen LogP contribution in [0.15, 0.2) is 46.9 Å². The lowest BCUT2D eigenvalue weighted by Crippen LogP contribution is -2.59. The minimum Gasteiger partial charge on any atom is -0.475 e. The Hall–Kier alpha value is -3.29. The number of urea groups is 1. The van der Waals surface area contributed by atoms with Gasteiger partial charge in [-0.1, -0.05) is 43.2 Å². The summed E-state index contributed by atoms with van der Waals surface area (Å²) in [5.41, 5.74) is -0.00201. The van der Waals surface area contributed by atoms with Gasteiger partial charge in [-0.05, 0) is 30.5 Å². The number of benzene rings is 1. The summed E-state index contributed by atoms with van der Waals surface area (Å²) in [5, 5.41) is 17.2. The van der Waals surface area contributed by atoms with Crippen molar-refractivity contribution in [1.29, 1.82) is 0 Å². The summed E-state index contributed by atoms with van der Waals surface area (Å²) in [6.45, 7) is 0.426. The molecule has 1 saturated carbocycles. The number of hydrogen-bond donors (Lipinski definition) is 4. The zero-order chi connectivity index (χ0) is 20.0. The molecule has 1 fully saturated rings. The van der Waals surface area contributed by atoms with Gasteiger partial charge in [0.25, 0.3) is 0 Å². The molecule has 148 valence electrons. The summed E-state index contributed by atoms with van der Waals surface area (Å²) in [7, 11) is 0. The highest BCUT2D eigenvalue weighted by Gasteiger charge is 2.42. The Balaban J connectivity index is 1.56. The number of carboxylic acids is 1. The third kappa shape index (κ3) is 4.70. The molecule has 2 aromatic rings. The molecule has 1 heterocycles. The van der Waals surface area contributed by atoms with Crippen molar-refractivity contribution in [3.8, 4) is 0 Å². The Morgan fingerprint density at radius 1 is 0.964 bits per heavy atom. The molecule has 1 aromatic heterocycles. The maximum absolute atomic E-state index is 12.8. The van der Waals surface area contributed by atoms with E-state index in [0.717, 1.165) is 18.4 Å². The third-order valence-corrected chi connectivity index (χ3v) is 4.84. The maximum atomic E-state index is 12.8. The van der Waals surface area contributed by atoms with Crippen molar-refractivity contribution in [3.63, 3.8) is 0 Å². The predicted octanol–water partition coefficient (Wildman–Crippen LogP) is 2.41. The molecule has 28 heavy (non-hydrogen) atoms. The zero-order valence-electron chi connectivity index (χ0n) is 15.4. The number of carbonyl (C=O) groups is 3. The first kappa shape index (κ1) is 19.5.